The molecule has 1 saturated heterocycles. The summed E-state index contributed by atoms with van der Waals surface area (Å²) in [6.45, 7) is 1.10. The first-order valence-electron chi connectivity index (χ1n) is 8.01. The fraction of sp³-hybridized carbons (Fsp3) is 0.471. The van der Waals surface area contributed by atoms with Gasteiger partial charge >= 0.3 is 0 Å². The molecule has 0 bridgehead atoms. The molecule has 1 aromatic heterocycles. The molecule has 120 valence electrons. The lowest BCUT2D eigenvalue weighted by Crippen LogP contribution is -2.26. The smallest absolute Gasteiger partial charge is 0.218 e. The number of nitrogens with zero attached hydrogens (tertiary/aromatic N) is 3. The van der Waals surface area contributed by atoms with E-state index in [0.717, 1.165) is 18.4 Å². The van der Waals surface area contributed by atoms with Crippen LogP contribution in [-0.2, 0) is 4.74 Å². The van der Waals surface area contributed by atoms with E-state index >= 15 is 0 Å². The van der Waals surface area contributed by atoms with Crippen molar-refractivity contribution in [2.24, 2.45) is 5.92 Å². The summed E-state index contributed by atoms with van der Waals surface area (Å²) in [5, 5.41) is 4.33. The van der Waals surface area contributed by atoms with Crippen molar-refractivity contribution in [1.82, 2.24) is 14.8 Å². The molecule has 0 spiro atoms. The Labute approximate surface area is 133 Å². The van der Waals surface area contributed by atoms with Gasteiger partial charge in [0.1, 0.15) is 0 Å². The van der Waals surface area contributed by atoms with Crippen molar-refractivity contribution in [2.75, 3.05) is 13.2 Å². The maximum atomic E-state index is 14.3. The van der Waals surface area contributed by atoms with E-state index in [-0.39, 0.29) is 29.4 Å². The molecule has 6 heteroatoms. The molecule has 0 amide bonds. The number of fused-ring (bicyclic) bond motifs is 1. The summed E-state index contributed by atoms with van der Waals surface area (Å²) in [4.78, 5) is 16.7. The van der Waals surface area contributed by atoms with E-state index in [1.165, 1.54) is 0 Å². The highest BCUT2D eigenvalue weighted by Crippen LogP contribution is 2.39. The number of hydrogen-bond acceptors (Lipinski definition) is 4. The third kappa shape index (κ3) is 2.57. The van der Waals surface area contributed by atoms with Crippen molar-refractivity contribution in [3.8, 4) is 0 Å². The van der Waals surface area contributed by atoms with Gasteiger partial charge in [0.2, 0.25) is 11.6 Å². The first kappa shape index (κ1) is 14.5. The molecule has 0 radical (unpaired) electrons. The van der Waals surface area contributed by atoms with E-state index in [2.05, 4.69) is 10.1 Å². The second-order valence-electron chi connectivity index (χ2n) is 6.15. The van der Waals surface area contributed by atoms with E-state index in [4.69, 9.17) is 4.74 Å². The van der Waals surface area contributed by atoms with Crippen LogP contribution in [0.25, 0.3) is 0 Å². The molecule has 3 atom stereocenters. The van der Waals surface area contributed by atoms with Crippen LogP contribution in [0.2, 0.25) is 0 Å². The first-order valence-corrected chi connectivity index (χ1v) is 8.01. The summed E-state index contributed by atoms with van der Waals surface area (Å²) in [6, 6.07) is 9.46. The second kappa shape index (κ2) is 5.85. The number of benzene rings is 1. The Morgan fingerprint density at radius 3 is 2.87 bits per heavy atom. The highest BCUT2D eigenvalue weighted by molar-refractivity contribution is 5.94. The fourth-order valence-corrected chi connectivity index (χ4v) is 3.37. The van der Waals surface area contributed by atoms with E-state index in [9.17, 15) is 9.18 Å². The van der Waals surface area contributed by atoms with Gasteiger partial charge < -0.3 is 4.74 Å². The summed E-state index contributed by atoms with van der Waals surface area (Å²) in [5.74, 6) is 0.0448. The van der Waals surface area contributed by atoms with E-state index in [1.54, 1.807) is 4.68 Å². The Kier molecular flexibility index (Phi) is 3.69. The van der Waals surface area contributed by atoms with Crippen LogP contribution in [0.15, 0.2) is 30.3 Å². The third-order valence-electron chi connectivity index (χ3n) is 4.60. The van der Waals surface area contributed by atoms with Crippen LogP contribution in [0.4, 0.5) is 4.39 Å². The molecule has 5 nitrogen and oxygen atoms in total. The number of carbonyl (C=O) groups excluding carboxylic acids is 1. The summed E-state index contributed by atoms with van der Waals surface area (Å²) in [7, 11) is 0. The van der Waals surface area contributed by atoms with Gasteiger partial charge in [-0.3, -0.25) is 4.79 Å². The molecule has 2 aliphatic heterocycles. The van der Waals surface area contributed by atoms with Crippen molar-refractivity contribution in [2.45, 2.75) is 31.5 Å². The van der Waals surface area contributed by atoms with E-state index in [1.807, 2.05) is 30.3 Å². The Balaban J connectivity index is 1.64. The molecule has 3 heterocycles. The zero-order valence-corrected chi connectivity index (χ0v) is 12.7. The zero-order chi connectivity index (χ0) is 15.8. The van der Waals surface area contributed by atoms with Crippen LogP contribution < -0.4 is 0 Å². The summed E-state index contributed by atoms with van der Waals surface area (Å²) in [6.07, 6.45) is 0.781. The predicted octanol–water partition coefficient (Wildman–Crippen LogP) is 2.89. The molecule has 1 fully saturated rings. The molecule has 2 aliphatic rings. The molecule has 23 heavy (non-hydrogen) atoms. The standard InChI is InChI=1S/C17H18FN3O2/c18-13-9-14(11-5-2-1-3-6-11)21-17(13)19-16(20-21)15(22)12-7-4-8-23-10-12/h1-3,5-6,12-14H,4,7-10H2/t12?,13-,14-/m0/s1. The summed E-state index contributed by atoms with van der Waals surface area (Å²) < 4.78 is 21.2. The molecule has 2 aromatic rings. The van der Waals surface area contributed by atoms with Crippen LogP contribution in [0, 0.1) is 5.92 Å². The zero-order valence-electron chi connectivity index (χ0n) is 12.7. The predicted molar refractivity (Wildman–Crippen MR) is 80.9 cm³/mol. The number of halogens is 1. The van der Waals surface area contributed by atoms with Gasteiger partial charge in [0, 0.05) is 18.9 Å². The fourth-order valence-electron chi connectivity index (χ4n) is 3.37. The number of ketones is 1. The number of Topliss-reactive ketones (excluding diaryl/α,β-unsaturated/α-hetero) is 1. The van der Waals surface area contributed by atoms with Gasteiger partial charge in [-0.15, -0.1) is 5.10 Å². The SMILES string of the molecule is O=C(c1nc2n(n1)[C@H](c1ccccc1)C[C@@H]2F)C1CCCOC1. The van der Waals surface area contributed by atoms with Gasteiger partial charge in [-0.1, -0.05) is 30.3 Å². The molecular formula is C17H18FN3O2. The van der Waals surface area contributed by atoms with Gasteiger partial charge in [-0.25, -0.2) is 14.1 Å². The molecule has 0 saturated carbocycles. The number of alkyl halides is 1. The molecule has 4 rings (SSSR count). The lowest BCUT2D eigenvalue weighted by Gasteiger charge is -2.19. The van der Waals surface area contributed by atoms with E-state index in [0.29, 0.717) is 19.6 Å². The van der Waals surface area contributed by atoms with Crippen molar-refractivity contribution < 1.29 is 13.9 Å². The molecular weight excluding hydrogens is 297 g/mol. The maximum absolute atomic E-state index is 14.3. The quantitative estimate of drug-likeness (QED) is 0.817. The normalized spacial score (nSPS) is 26.9. The van der Waals surface area contributed by atoms with Crippen molar-refractivity contribution in [1.29, 1.82) is 0 Å². The number of carbonyl (C=O) groups is 1. The Bertz CT molecular complexity index is 710. The van der Waals surface area contributed by atoms with Crippen molar-refractivity contribution >= 4 is 5.78 Å². The first-order chi connectivity index (χ1) is 11.2. The van der Waals surface area contributed by atoms with Crippen LogP contribution in [0.5, 0.6) is 0 Å². The highest BCUT2D eigenvalue weighted by Gasteiger charge is 2.37. The lowest BCUT2D eigenvalue weighted by molar-refractivity contribution is 0.0454. The summed E-state index contributed by atoms with van der Waals surface area (Å²) in [5.41, 5.74) is 0.985. The van der Waals surface area contributed by atoms with Gasteiger partial charge in [0.25, 0.3) is 0 Å². The summed E-state index contributed by atoms with van der Waals surface area (Å²) >= 11 is 0. The third-order valence-corrected chi connectivity index (χ3v) is 4.60. The van der Waals surface area contributed by atoms with Crippen LogP contribution >= 0.6 is 0 Å². The number of hydrogen-bond donors (Lipinski definition) is 0. The van der Waals surface area contributed by atoms with Gasteiger partial charge in [0.05, 0.1) is 12.6 Å². The minimum atomic E-state index is -1.18. The number of aromatic nitrogens is 3. The second-order valence-corrected chi connectivity index (χ2v) is 6.15. The van der Waals surface area contributed by atoms with Crippen LogP contribution in [0.3, 0.4) is 0 Å². The minimum absolute atomic E-state index is 0.124. The van der Waals surface area contributed by atoms with Crippen LogP contribution in [0.1, 0.15) is 53.5 Å². The Morgan fingerprint density at radius 1 is 1.30 bits per heavy atom. The molecule has 0 aliphatic carbocycles. The Morgan fingerprint density at radius 2 is 2.13 bits per heavy atom. The van der Waals surface area contributed by atoms with Crippen molar-refractivity contribution in [3.05, 3.63) is 47.5 Å². The highest BCUT2D eigenvalue weighted by atomic mass is 19.1. The monoisotopic (exact) mass is 315 g/mol. The number of rotatable bonds is 3. The average Bonchev–Trinajstić information content (AvgIpc) is 3.17. The largest absolute Gasteiger partial charge is 0.381 e. The van der Waals surface area contributed by atoms with Crippen LogP contribution in [-0.4, -0.2) is 33.8 Å². The molecule has 0 N–H and O–H groups in total. The topological polar surface area (TPSA) is 57.0 Å². The van der Waals surface area contributed by atoms with E-state index < -0.39 is 6.17 Å². The maximum Gasteiger partial charge on any atom is 0.218 e. The average molecular weight is 315 g/mol. The lowest BCUT2D eigenvalue weighted by atomic mass is 9.97. The molecule has 1 aromatic carbocycles. The van der Waals surface area contributed by atoms with Gasteiger partial charge in [0.15, 0.2) is 12.0 Å². The van der Waals surface area contributed by atoms with Gasteiger partial charge in [-0.2, -0.15) is 0 Å². The Hall–Kier alpha value is -2.08. The molecule has 1 unspecified atom stereocenters. The van der Waals surface area contributed by atoms with Gasteiger partial charge in [-0.05, 0) is 18.4 Å². The van der Waals surface area contributed by atoms with Crippen molar-refractivity contribution in [3.63, 3.8) is 0 Å². The minimum Gasteiger partial charge on any atom is -0.381 e. The number of ether oxygens (including phenoxy) is 1.